The second kappa shape index (κ2) is 6.60. The molecule has 3 nitrogen and oxygen atoms in total. The fourth-order valence-electron chi connectivity index (χ4n) is 2.59. The molecule has 0 amide bonds. The van der Waals surface area contributed by atoms with Crippen molar-refractivity contribution in [3.05, 3.63) is 28.8 Å². The molecule has 106 valence electrons. The van der Waals surface area contributed by atoms with Gasteiger partial charge in [-0.05, 0) is 37.6 Å². The Hall–Kier alpha value is -0.770. The molecule has 1 aromatic rings. The summed E-state index contributed by atoms with van der Waals surface area (Å²) < 4.78 is 0. The molecule has 0 radical (unpaired) electrons. The highest BCUT2D eigenvalue weighted by Crippen LogP contribution is 2.32. The number of anilines is 1. The Morgan fingerprint density at radius 3 is 2.89 bits per heavy atom. The number of aliphatic hydroxyl groups excluding tert-OH is 1. The van der Waals surface area contributed by atoms with Crippen molar-refractivity contribution in [2.45, 2.75) is 32.9 Å². The van der Waals surface area contributed by atoms with Crippen molar-refractivity contribution >= 4 is 17.3 Å². The molecule has 4 heteroatoms. The van der Waals surface area contributed by atoms with Gasteiger partial charge in [0, 0.05) is 25.6 Å². The van der Waals surface area contributed by atoms with Crippen molar-refractivity contribution in [2.75, 3.05) is 24.5 Å². The third kappa shape index (κ3) is 3.62. The topological polar surface area (TPSA) is 35.5 Å². The predicted octanol–water partition coefficient (Wildman–Crippen LogP) is 2.66. The molecule has 1 aromatic carbocycles. The molecule has 2 N–H and O–H groups in total. The molecule has 1 aliphatic heterocycles. The zero-order valence-corrected chi connectivity index (χ0v) is 12.5. The van der Waals surface area contributed by atoms with Gasteiger partial charge in [-0.15, -0.1) is 0 Å². The van der Waals surface area contributed by atoms with Crippen LogP contribution in [0.15, 0.2) is 18.2 Å². The van der Waals surface area contributed by atoms with Crippen molar-refractivity contribution < 1.29 is 5.11 Å². The first kappa shape index (κ1) is 14.6. The summed E-state index contributed by atoms with van der Waals surface area (Å²) in [5.74, 6) is 0.359. The number of nitrogens with one attached hydrogen (secondary N) is 1. The lowest BCUT2D eigenvalue weighted by atomic mass is 10.0. The van der Waals surface area contributed by atoms with E-state index in [0.717, 1.165) is 43.3 Å². The molecular formula is C15H23ClN2O. The van der Waals surface area contributed by atoms with Crippen LogP contribution >= 0.6 is 11.6 Å². The van der Waals surface area contributed by atoms with Crippen molar-refractivity contribution in [2.24, 2.45) is 5.92 Å². The highest BCUT2D eigenvalue weighted by atomic mass is 35.5. The van der Waals surface area contributed by atoms with Crippen LogP contribution in [0.2, 0.25) is 5.02 Å². The first-order valence-corrected chi connectivity index (χ1v) is 7.41. The van der Waals surface area contributed by atoms with Crippen LogP contribution in [0, 0.1) is 5.92 Å². The van der Waals surface area contributed by atoms with Gasteiger partial charge in [-0.25, -0.2) is 0 Å². The quantitative estimate of drug-likeness (QED) is 0.872. The van der Waals surface area contributed by atoms with Crippen LogP contribution in [-0.4, -0.2) is 30.8 Å². The van der Waals surface area contributed by atoms with Gasteiger partial charge in [-0.3, -0.25) is 0 Å². The highest BCUT2D eigenvalue weighted by Gasteiger charge is 2.27. The summed E-state index contributed by atoms with van der Waals surface area (Å²) >= 11 is 6.38. The third-order valence-electron chi connectivity index (χ3n) is 3.84. The lowest BCUT2D eigenvalue weighted by Crippen LogP contribution is -2.24. The standard InChI is InChI=1S/C15H23ClN2O/c1-3-17-9-12-4-5-15(14(16)8-12)18-7-6-13(10-18)11(2)19/h4-5,8,11,13,17,19H,3,6-7,9-10H2,1-2H3. The smallest absolute Gasteiger partial charge is 0.0642 e. The van der Waals surface area contributed by atoms with Crippen LogP contribution in [0.3, 0.4) is 0 Å². The molecule has 2 unspecified atom stereocenters. The number of rotatable bonds is 5. The molecule has 0 bridgehead atoms. The van der Waals surface area contributed by atoms with E-state index in [1.54, 1.807) is 0 Å². The summed E-state index contributed by atoms with van der Waals surface area (Å²) in [5, 5.41) is 13.8. The predicted molar refractivity (Wildman–Crippen MR) is 80.8 cm³/mol. The lowest BCUT2D eigenvalue weighted by molar-refractivity contribution is 0.136. The van der Waals surface area contributed by atoms with E-state index in [1.807, 2.05) is 13.0 Å². The van der Waals surface area contributed by atoms with Crippen LogP contribution < -0.4 is 10.2 Å². The number of nitrogens with zero attached hydrogens (tertiary/aromatic N) is 1. The minimum absolute atomic E-state index is 0.239. The normalized spacial score (nSPS) is 20.8. The van der Waals surface area contributed by atoms with E-state index in [-0.39, 0.29) is 6.10 Å². The summed E-state index contributed by atoms with van der Waals surface area (Å²) in [7, 11) is 0. The SMILES string of the molecule is CCNCc1ccc(N2CCC(C(C)O)C2)c(Cl)c1. The summed E-state index contributed by atoms with van der Waals surface area (Å²) in [6, 6.07) is 6.26. The Bertz CT molecular complexity index is 423. The van der Waals surface area contributed by atoms with Crippen LogP contribution in [0.4, 0.5) is 5.69 Å². The summed E-state index contributed by atoms with van der Waals surface area (Å²) in [5.41, 5.74) is 2.30. The van der Waals surface area contributed by atoms with Crippen LogP contribution in [0.25, 0.3) is 0 Å². The van der Waals surface area contributed by atoms with Gasteiger partial charge >= 0.3 is 0 Å². The minimum Gasteiger partial charge on any atom is -0.393 e. The van der Waals surface area contributed by atoms with Crippen molar-refractivity contribution in [3.8, 4) is 0 Å². The summed E-state index contributed by atoms with van der Waals surface area (Å²) in [4.78, 5) is 2.27. The summed E-state index contributed by atoms with van der Waals surface area (Å²) in [6.45, 7) is 7.64. The van der Waals surface area contributed by atoms with Gasteiger partial charge in [0.1, 0.15) is 0 Å². The number of benzene rings is 1. The van der Waals surface area contributed by atoms with Gasteiger partial charge in [0.05, 0.1) is 16.8 Å². The maximum atomic E-state index is 9.66. The molecule has 1 heterocycles. The Morgan fingerprint density at radius 2 is 2.32 bits per heavy atom. The highest BCUT2D eigenvalue weighted by molar-refractivity contribution is 6.33. The molecule has 0 spiro atoms. The van der Waals surface area contributed by atoms with E-state index >= 15 is 0 Å². The fraction of sp³-hybridized carbons (Fsp3) is 0.600. The van der Waals surface area contributed by atoms with E-state index in [9.17, 15) is 5.11 Å². The molecule has 0 aliphatic carbocycles. The maximum Gasteiger partial charge on any atom is 0.0642 e. The van der Waals surface area contributed by atoms with E-state index in [1.165, 1.54) is 5.56 Å². The van der Waals surface area contributed by atoms with Gasteiger partial charge in [-0.1, -0.05) is 24.6 Å². The molecule has 1 fully saturated rings. The Kier molecular flexibility index (Phi) is 5.08. The van der Waals surface area contributed by atoms with E-state index in [4.69, 9.17) is 11.6 Å². The molecule has 2 rings (SSSR count). The fourth-order valence-corrected chi connectivity index (χ4v) is 2.91. The Labute approximate surface area is 120 Å². The van der Waals surface area contributed by atoms with Crippen molar-refractivity contribution in [1.29, 1.82) is 0 Å². The minimum atomic E-state index is -0.239. The van der Waals surface area contributed by atoms with E-state index < -0.39 is 0 Å². The zero-order valence-electron chi connectivity index (χ0n) is 11.7. The molecule has 19 heavy (non-hydrogen) atoms. The Morgan fingerprint density at radius 1 is 1.53 bits per heavy atom. The third-order valence-corrected chi connectivity index (χ3v) is 4.14. The average Bonchev–Trinajstić information content (AvgIpc) is 2.86. The maximum absolute atomic E-state index is 9.66. The lowest BCUT2D eigenvalue weighted by Gasteiger charge is -2.21. The second-order valence-corrected chi connectivity index (χ2v) is 5.71. The van der Waals surface area contributed by atoms with Crippen LogP contribution in [-0.2, 0) is 6.54 Å². The average molecular weight is 283 g/mol. The largest absolute Gasteiger partial charge is 0.393 e. The molecule has 1 aliphatic rings. The number of aliphatic hydroxyl groups is 1. The van der Waals surface area contributed by atoms with Crippen molar-refractivity contribution in [3.63, 3.8) is 0 Å². The monoisotopic (exact) mass is 282 g/mol. The van der Waals surface area contributed by atoms with Gasteiger partial charge in [0.15, 0.2) is 0 Å². The van der Waals surface area contributed by atoms with Gasteiger partial charge in [0.25, 0.3) is 0 Å². The molecular weight excluding hydrogens is 260 g/mol. The van der Waals surface area contributed by atoms with Crippen molar-refractivity contribution in [1.82, 2.24) is 5.32 Å². The second-order valence-electron chi connectivity index (χ2n) is 5.30. The van der Waals surface area contributed by atoms with Gasteiger partial charge < -0.3 is 15.3 Å². The molecule has 2 atom stereocenters. The van der Waals surface area contributed by atoms with Crippen LogP contribution in [0.1, 0.15) is 25.8 Å². The summed E-state index contributed by atoms with van der Waals surface area (Å²) in [6.07, 6.45) is 0.796. The molecule has 0 aromatic heterocycles. The van der Waals surface area contributed by atoms with Crippen LogP contribution in [0.5, 0.6) is 0 Å². The molecule has 1 saturated heterocycles. The first-order chi connectivity index (χ1) is 9.11. The van der Waals surface area contributed by atoms with E-state index in [2.05, 4.69) is 29.3 Å². The van der Waals surface area contributed by atoms with E-state index in [0.29, 0.717) is 5.92 Å². The zero-order chi connectivity index (χ0) is 13.8. The first-order valence-electron chi connectivity index (χ1n) is 7.04. The van der Waals surface area contributed by atoms with Gasteiger partial charge in [-0.2, -0.15) is 0 Å². The number of hydrogen-bond acceptors (Lipinski definition) is 3. The van der Waals surface area contributed by atoms with Gasteiger partial charge in [0.2, 0.25) is 0 Å². The Balaban J connectivity index is 2.05. The molecule has 0 saturated carbocycles. The number of hydrogen-bond donors (Lipinski definition) is 2. The number of halogens is 1.